The number of amides is 2. The molecule has 0 aliphatic rings. The van der Waals surface area contributed by atoms with E-state index in [2.05, 4.69) is 10.6 Å². The second-order valence-corrected chi connectivity index (χ2v) is 5.62. The van der Waals surface area contributed by atoms with E-state index in [4.69, 9.17) is 5.26 Å². The minimum absolute atomic E-state index is 0.167. The van der Waals surface area contributed by atoms with Crippen LogP contribution in [0, 0.1) is 18.3 Å². The van der Waals surface area contributed by atoms with Gasteiger partial charge in [0.05, 0.1) is 17.7 Å². The van der Waals surface area contributed by atoms with Crippen LogP contribution in [0.3, 0.4) is 0 Å². The number of rotatable bonds is 5. The van der Waals surface area contributed by atoms with Crippen molar-refractivity contribution in [3.63, 3.8) is 0 Å². The van der Waals surface area contributed by atoms with Crippen molar-refractivity contribution >= 4 is 17.5 Å². The maximum absolute atomic E-state index is 12.0. The van der Waals surface area contributed by atoms with Crippen LogP contribution in [0.5, 0.6) is 0 Å². The molecule has 2 aromatic carbocycles. The van der Waals surface area contributed by atoms with Crippen LogP contribution in [0.4, 0.5) is 5.69 Å². The van der Waals surface area contributed by atoms with Crippen molar-refractivity contribution in [3.05, 3.63) is 65.2 Å². The number of benzene rings is 2. The molecular weight excluding hydrogens is 302 g/mol. The lowest BCUT2D eigenvalue weighted by molar-refractivity contribution is -0.127. The van der Waals surface area contributed by atoms with E-state index >= 15 is 0 Å². The molecule has 2 amide bonds. The molecule has 1 unspecified atom stereocenters. The van der Waals surface area contributed by atoms with E-state index in [-0.39, 0.29) is 18.4 Å². The minimum Gasteiger partial charge on any atom is -0.349 e. The Balaban J connectivity index is 1.87. The van der Waals surface area contributed by atoms with Gasteiger partial charge in [0.25, 0.3) is 0 Å². The molecule has 24 heavy (non-hydrogen) atoms. The van der Waals surface area contributed by atoms with E-state index in [1.54, 1.807) is 24.3 Å². The number of nitrogens with one attached hydrogen (secondary N) is 2. The van der Waals surface area contributed by atoms with Crippen LogP contribution in [0.25, 0.3) is 0 Å². The van der Waals surface area contributed by atoms with Gasteiger partial charge in [-0.05, 0) is 43.7 Å². The highest BCUT2D eigenvalue weighted by molar-refractivity contribution is 6.03. The number of hydrogen-bond acceptors (Lipinski definition) is 3. The van der Waals surface area contributed by atoms with Gasteiger partial charge >= 0.3 is 0 Å². The Morgan fingerprint density at radius 1 is 1.12 bits per heavy atom. The molecule has 0 fully saturated rings. The first-order chi connectivity index (χ1) is 11.5. The number of nitrogens with zero attached hydrogens (tertiary/aromatic N) is 1. The van der Waals surface area contributed by atoms with E-state index in [1.807, 2.05) is 44.2 Å². The van der Waals surface area contributed by atoms with Gasteiger partial charge in [0.1, 0.15) is 6.42 Å². The third-order valence-corrected chi connectivity index (χ3v) is 3.54. The smallest absolute Gasteiger partial charge is 0.233 e. The predicted molar refractivity (Wildman–Crippen MR) is 92.1 cm³/mol. The predicted octanol–water partition coefficient (Wildman–Crippen LogP) is 3.07. The average molecular weight is 321 g/mol. The van der Waals surface area contributed by atoms with Crippen molar-refractivity contribution in [2.45, 2.75) is 26.3 Å². The molecule has 2 rings (SSSR count). The summed E-state index contributed by atoms with van der Waals surface area (Å²) in [6.45, 7) is 3.87. The molecule has 0 heterocycles. The van der Waals surface area contributed by atoms with Gasteiger partial charge in [-0.2, -0.15) is 5.26 Å². The van der Waals surface area contributed by atoms with Crippen LogP contribution in [-0.2, 0) is 9.59 Å². The molecule has 122 valence electrons. The highest BCUT2D eigenvalue weighted by atomic mass is 16.2. The van der Waals surface area contributed by atoms with Gasteiger partial charge in [0, 0.05) is 5.69 Å². The zero-order valence-electron chi connectivity index (χ0n) is 13.7. The molecule has 0 spiro atoms. The van der Waals surface area contributed by atoms with Gasteiger partial charge in [-0.3, -0.25) is 9.59 Å². The lowest BCUT2D eigenvalue weighted by atomic mass is 10.1. The summed E-state index contributed by atoms with van der Waals surface area (Å²) in [5.74, 6) is -0.733. The van der Waals surface area contributed by atoms with Crippen molar-refractivity contribution in [1.29, 1.82) is 5.26 Å². The molecule has 0 aromatic heterocycles. The maximum Gasteiger partial charge on any atom is 0.233 e. The summed E-state index contributed by atoms with van der Waals surface area (Å²) in [6.07, 6.45) is -0.254. The van der Waals surface area contributed by atoms with Crippen LogP contribution in [-0.4, -0.2) is 11.8 Å². The molecule has 2 N–H and O–H groups in total. The summed E-state index contributed by atoms with van der Waals surface area (Å²) in [5, 5.41) is 14.2. The Morgan fingerprint density at radius 3 is 2.46 bits per heavy atom. The lowest BCUT2D eigenvalue weighted by Gasteiger charge is -2.15. The van der Waals surface area contributed by atoms with Crippen LogP contribution >= 0.6 is 0 Å². The first-order valence-corrected chi connectivity index (χ1v) is 7.64. The van der Waals surface area contributed by atoms with E-state index in [1.165, 1.54) is 0 Å². The van der Waals surface area contributed by atoms with Crippen molar-refractivity contribution in [1.82, 2.24) is 5.32 Å². The van der Waals surface area contributed by atoms with Crippen molar-refractivity contribution in [3.8, 4) is 6.07 Å². The molecule has 1 atom stereocenters. The maximum atomic E-state index is 12.0. The molecule has 2 aromatic rings. The second-order valence-electron chi connectivity index (χ2n) is 5.62. The fourth-order valence-electron chi connectivity index (χ4n) is 2.29. The summed E-state index contributed by atoms with van der Waals surface area (Å²) in [4.78, 5) is 23.9. The summed E-state index contributed by atoms with van der Waals surface area (Å²) in [5.41, 5.74) is 3.18. The number of carbonyl (C=O) groups is 2. The van der Waals surface area contributed by atoms with Crippen LogP contribution in [0.1, 0.15) is 36.1 Å². The number of nitriles is 1. The van der Waals surface area contributed by atoms with E-state index in [0.717, 1.165) is 11.1 Å². The Morgan fingerprint density at radius 2 is 1.83 bits per heavy atom. The highest BCUT2D eigenvalue weighted by Gasteiger charge is 2.13. The van der Waals surface area contributed by atoms with Crippen molar-refractivity contribution < 1.29 is 9.59 Å². The van der Waals surface area contributed by atoms with Crippen molar-refractivity contribution in [2.75, 3.05) is 5.32 Å². The van der Waals surface area contributed by atoms with E-state index in [0.29, 0.717) is 11.3 Å². The first kappa shape index (κ1) is 17.2. The minimum atomic E-state index is -0.395. The van der Waals surface area contributed by atoms with Crippen LogP contribution in [0.15, 0.2) is 48.5 Å². The third-order valence-electron chi connectivity index (χ3n) is 3.54. The zero-order chi connectivity index (χ0) is 17.5. The fraction of sp³-hybridized carbons (Fsp3) is 0.211. The quantitative estimate of drug-likeness (QED) is 0.830. The van der Waals surface area contributed by atoms with Crippen LogP contribution in [0.2, 0.25) is 0 Å². The Bertz CT molecular complexity index is 776. The zero-order valence-corrected chi connectivity index (χ0v) is 13.7. The topological polar surface area (TPSA) is 82.0 Å². The number of hydrogen-bond donors (Lipinski definition) is 2. The normalized spacial score (nSPS) is 11.2. The van der Waals surface area contributed by atoms with E-state index in [9.17, 15) is 9.59 Å². The van der Waals surface area contributed by atoms with Gasteiger partial charge in [-0.25, -0.2) is 0 Å². The van der Waals surface area contributed by atoms with Gasteiger partial charge in [0.15, 0.2) is 0 Å². The highest BCUT2D eigenvalue weighted by Crippen LogP contribution is 2.14. The lowest BCUT2D eigenvalue weighted by Crippen LogP contribution is -2.30. The molecule has 0 bridgehead atoms. The number of anilines is 1. The van der Waals surface area contributed by atoms with Crippen molar-refractivity contribution in [2.24, 2.45) is 0 Å². The summed E-state index contributed by atoms with van der Waals surface area (Å²) in [7, 11) is 0. The summed E-state index contributed by atoms with van der Waals surface area (Å²) >= 11 is 0. The van der Waals surface area contributed by atoms with Crippen LogP contribution < -0.4 is 10.6 Å². The van der Waals surface area contributed by atoms with Gasteiger partial charge < -0.3 is 10.6 Å². The molecule has 0 saturated carbocycles. The summed E-state index contributed by atoms with van der Waals surface area (Å²) in [6, 6.07) is 16.2. The molecular formula is C19H19N3O2. The Hall–Kier alpha value is -3.13. The summed E-state index contributed by atoms with van der Waals surface area (Å²) < 4.78 is 0. The third kappa shape index (κ3) is 4.96. The number of aryl methyl sites for hydroxylation is 1. The van der Waals surface area contributed by atoms with Gasteiger partial charge in [0.2, 0.25) is 11.8 Å². The molecule has 5 nitrogen and oxygen atoms in total. The standard InChI is InChI=1S/C19H19N3O2/c1-13-4-3-5-16(10-13)14(2)21-18(23)11-19(24)22-17-8-6-15(12-20)7-9-17/h3-10,14H,11H2,1-2H3,(H,21,23)(H,22,24). The molecule has 0 aliphatic heterocycles. The van der Waals surface area contributed by atoms with Gasteiger partial charge in [-0.15, -0.1) is 0 Å². The molecule has 0 radical (unpaired) electrons. The largest absolute Gasteiger partial charge is 0.349 e. The first-order valence-electron chi connectivity index (χ1n) is 7.64. The second kappa shape index (κ2) is 7.93. The SMILES string of the molecule is Cc1cccc(C(C)NC(=O)CC(=O)Nc2ccc(C#N)cc2)c1. The fourth-order valence-corrected chi connectivity index (χ4v) is 2.29. The monoisotopic (exact) mass is 321 g/mol. The Kier molecular flexibility index (Phi) is 5.69. The molecule has 0 saturated heterocycles. The van der Waals surface area contributed by atoms with E-state index < -0.39 is 5.91 Å². The molecule has 5 heteroatoms. The van der Waals surface area contributed by atoms with Gasteiger partial charge in [-0.1, -0.05) is 29.8 Å². The average Bonchev–Trinajstić information content (AvgIpc) is 2.55. The molecule has 0 aliphatic carbocycles. The Labute approximate surface area is 141 Å². The number of carbonyl (C=O) groups excluding carboxylic acids is 2.